The fraction of sp³-hybridized carbons (Fsp3) is 0.263. The van der Waals surface area contributed by atoms with Crippen LogP contribution < -0.4 is 5.32 Å². The summed E-state index contributed by atoms with van der Waals surface area (Å²) in [5.74, 6) is 0.575. The van der Waals surface area contributed by atoms with Gasteiger partial charge in [0.2, 0.25) is 5.95 Å². The quantitative estimate of drug-likeness (QED) is 0.756. The van der Waals surface area contributed by atoms with Gasteiger partial charge in [0.05, 0.1) is 5.69 Å². The first-order valence-corrected chi connectivity index (χ1v) is 8.65. The summed E-state index contributed by atoms with van der Waals surface area (Å²) in [5, 5.41) is 10.6. The number of hydrogen-bond donors (Lipinski definition) is 2. The highest BCUT2D eigenvalue weighted by Crippen LogP contribution is 2.24. The average molecular weight is 348 g/mol. The number of amides is 1. The van der Waals surface area contributed by atoms with Crippen LogP contribution in [0.3, 0.4) is 0 Å². The lowest BCUT2D eigenvalue weighted by atomic mass is 10.1. The van der Waals surface area contributed by atoms with Gasteiger partial charge in [-0.25, -0.2) is 9.97 Å². The fourth-order valence-electron chi connectivity index (χ4n) is 3.26. The van der Waals surface area contributed by atoms with E-state index in [2.05, 4.69) is 25.5 Å². The molecule has 26 heavy (non-hydrogen) atoms. The van der Waals surface area contributed by atoms with Crippen LogP contribution in [-0.2, 0) is 0 Å². The van der Waals surface area contributed by atoms with E-state index in [1.54, 1.807) is 18.5 Å². The van der Waals surface area contributed by atoms with E-state index in [4.69, 9.17) is 0 Å². The Morgan fingerprint density at radius 3 is 2.73 bits per heavy atom. The molecule has 1 atom stereocenters. The Morgan fingerprint density at radius 2 is 1.96 bits per heavy atom. The SMILES string of the molecule is Cc1c(-c2ccccc2)n[nH]c1C(=O)N1CCC(Nc2ncccn2)C1. The number of anilines is 1. The second-order valence-corrected chi connectivity index (χ2v) is 6.39. The predicted octanol–water partition coefficient (Wildman–Crippen LogP) is 2.50. The van der Waals surface area contributed by atoms with Gasteiger partial charge >= 0.3 is 0 Å². The van der Waals surface area contributed by atoms with E-state index in [-0.39, 0.29) is 11.9 Å². The zero-order valence-corrected chi connectivity index (χ0v) is 14.5. The lowest BCUT2D eigenvalue weighted by Crippen LogP contribution is -2.32. The molecule has 3 aromatic rings. The molecule has 1 fully saturated rings. The van der Waals surface area contributed by atoms with E-state index in [1.165, 1.54) is 0 Å². The van der Waals surface area contributed by atoms with Crippen molar-refractivity contribution in [3.05, 3.63) is 60.0 Å². The summed E-state index contributed by atoms with van der Waals surface area (Å²) >= 11 is 0. The summed E-state index contributed by atoms with van der Waals surface area (Å²) < 4.78 is 0. The van der Waals surface area contributed by atoms with Crippen molar-refractivity contribution < 1.29 is 4.79 Å². The minimum Gasteiger partial charge on any atom is -0.350 e. The maximum absolute atomic E-state index is 12.9. The van der Waals surface area contributed by atoms with Crippen LogP contribution in [0.2, 0.25) is 0 Å². The van der Waals surface area contributed by atoms with Gasteiger partial charge in [0, 0.05) is 42.7 Å². The number of hydrogen-bond acceptors (Lipinski definition) is 5. The maximum atomic E-state index is 12.9. The summed E-state index contributed by atoms with van der Waals surface area (Å²) in [6.45, 7) is 3.25. The summed E-state index contributed by atoms with van der Waals surface area (Å²) in [4.78, 5) is 23.1. The molecule has 7 nitrogen and oxygen atoms in total. The van der Waals surface area contributed by atoms with Crippen molar-refractivity contribution in [3.63, 3.8) is 0 Å². The molecule has 0 aliphatic carbocycles. The molecule has 1 amide bonds. The molecule has 0 saturated carbocycles. The highest BCUT2D eigenvalue weighted by Gasteiger charge is 2.29. The smallest absolute Gasteiger partial charge is 0.272 e. The van der Waals surface area contributed by atoms with E-state index >= 15 is 0 Å². The molecule has 2 aromatic heterocycles. The third-order valence-corrected chi connectivity index (χ3v) is 4.65. The summed E-state index contributed by atoms with van der Waals surface area (Å²) in [6, 6.07) is 11.8. The standard InChI is InChI=1S/C19H20N6O/c1-13-16(14-6-3-2-4-7-14)23-24-17(13)18(26)25-11-8-15(12-25)22-19-20-9-5-10-21-19/h2-7,9-10,15H,8,11-12H2,1H3,(H,23,24)(H,20,21,22). The number of likely N-dealkylation sites (tertiary alicyclic amines) is 1. The van der Waals surface area contributed by atoms with Gasteiger partial charge in [-0.3, -0.25) is 9.89 Å². The Bertz CT molecular complexity index is 893. The molecule has 0 spiro atoms. The topological polar surface area (TPSA) is 86.8 Å². The Kier molecular flexibility index (Phi) is 4.35. The van der Waals surface area contributed by atoms with E-state index in [1.807, 2.05) is 42.2 Å². The van der Waals surface area contributed by atoms with Crippen molar-refractivity contribution in [2.75, 3.05) is 18.4 Å². The van der Waals surface area contributed by atoms with E-state index < -0.39 is 0 Å². The molecule has 2 N–H and O–H groups in total. The number of benzene rings is 1. The molecule has 1 unspecified atom stereocenters. The number of aromatic amines is 1. The maximum Gasteiger partial charge on any atom is 0.272 e. The molecule has 1 aliphatic heterocycles. The largest absolute Gasteiger partial charge is 0.350 e. The van der Waals surface area contributed by atoms with Crippen LogP contribution in [-0.4, -0.2) is 50.1 Å². The zero-order valence-electron chi connectivity index (χ0n) is 14.5. The van der Waals surface area contributed by atoms with Crippen LogP contribution in [0.25, 0.3) is 11.3 Å². The molecule has 0 bridgehead atoms. The van der Waals surface area contributed by atoms with Crippen molar-refractivity contribution in [1.29, 1.82) is 0 Å². The monoisotopic (exact) mass is 348 g/mol. The van der Waals surface area contributed by atoms with Gasteiger partial charge in [0.1, 0.15) is 5.69 Å². The Morgan fingerprint density at radius 1 is 1.19 bits per heavy atom. The molecule has 7 heteroatoms. The lowest BCUT2D eigenvalue weighted by molar-refractivity contribution is 0.0785. The van der Waals surface area contributed by atoms with E-state index in [0.717, 1.165) is 23.2 Å². The first-order valence-electron chi connectivity index (χ1n) is 8.65. The van der Waals surface area contributed by atoms with Gasteiger partial charge < -0.3 is 10.2 Å². The Balaban J connectivity index is 1.46. The minimum atomic E-state index is -0.0181. The molecule has 1 aliphatic rings. The van der Waals surface area contributed by atoms with Gasteiger partial charge in [-0.2, -0.15) is 5.10 Å². The fourth-order valence-corrected chi connectivity index (χ4v) is 3.26. The van der Waals surface area contributed by atoms with Gasteiger partial charge in [-0.05, 0) is 19.4 Å². The number of H-pyrrole nitrogens is 1. The number of nitrogens with zero attached hydrogens (tertiary/aromatic N) is 4. The first-order chi connectivity index (χ1) is 12.7. The number of carbonyl (C=O) groups is 1. The second kappa shape index (κ2) is 6.95. The Hall–Kier alpha value is -3.22. The van der Waals surface area contributed by atoms with Gasteiger partial charge in [-0.15, -0.1) is 0 Å². The number of nitrogens with one attached hydrogen (secondary N) is 2. The van der Waals surface area contributed by atoms with Gasteiger partial charge in [-0.1, -0.05) is 30.3 Å². The van der Waals surface area contributed by atoms with Crippen LogP contribution >= 0.6 is 0 Å². The van der Waals surface area contributed by atoms with Crippen molar-refractivity contribution >= 4 is 11.9 Å². The summed E-state index contributed by atoms with van der Waals surface area (Å²) in [7, 11) is 0. The molecular weight excluding hydrogens is 328 g/mol. The summed E-state index contributed by atoms with van der Waals surface area (Å²) in [5.41, 5.74) is 3.26. The van der Waals surface area contributed by atoms with Crippen LogP contribution in [0, 0.1) is 6.92 Å². The average Bonchev–Trinajstić information content (AvgIpc) is 3.30. The predicted molar refractivity (Wildman–Crippen MR) is 98.7 cm³/mol. The Labute approximate surface area is 151 Å². The third-order valence-electron chi connectivity index (χ3n) is 4.65. The third kappa shape index (κ3) is 3.15. The van der Waals surface area contributed by atoms with Crippen molar-refractivity contribution in [2.24, 2.45) is 0 Å². The van der Waals surface area contributed by atoms with Gasteiger partial charge in [0.15, 0.2) is 0 Å². The molecule has 4 rings (SSSR count). The van der Waals surface area contributed by atoms with E-state index in [9.17, 15) is 4.79 Å². The number of rotatable bonds is 4. The summed E-state index contributed by atoms with van der Waals surface area (Å²) in [6.07, 6.45) is 4.27. The van der Waals surface area contributed by atoms with Crippen molar-refractivity contribution in [3.8, 4) is 11.3 Å². The van der Waals surface area contributed by atoms with Crippen LogP contribution in [0.1, 0.15) is 22.5 Å². The van der Waals surface area contributed by atoms with E-state index in [0.29, 0.717) is 24.7 Å². The van der Waals surface area contributed by atoms with Gasteiger partial charge in [0.25, 0.3) is 5.91 Å². The second-order valence-electron chi connectivity index (χ2n) is 6.39. The number of carbonyl (C=O) groups excluding carboxylic acids is 1. The molecule has 1 saturated heterocycles. The zero-order chi connectivity index (χ0) is 17.9. The molecule has 0 radical (unpaired) electrons. The molecule has 3 heterocycles. The van der Waals surface area contributed by atoms with Crippen molar-refractivity contribution in [1.82, 2.24) is 25.1 Å². The van der Waals surface area contributed by atoms with Crippen molar-refractivity contribution in [2.45, 2.75) is 19.4 Å². The molecule has 1 aromatic carbocycles. The number of aromatic nitrogens is 4. The normalized spacial score (nSPS) is 16.7. The highest BCUT2D eigenvalue weighted by atomic mass is 16.2. The van der Waals surface area contributed by atoms with Crippen LogP contribution in [0.15, 0.2) is 48.8 Å². The van der Waals surface area contributed by atoms with Crippen LogP contribution in [0.4, 0.5) is 5.95 Å². The molecular formula is C19H20N6O. The molecule has 132 valence electrons. The first kappa shape index (κ1) is 16.3. The van der Waals surface area contributed by atoms with Crippen LogP contribution in [0.5, 0.6) is 0 Å². The minimum absolute atomic E-state index is 0.0181. The lowest BCUT2D eigenvalue weighted by Gasteiger charge is -2.16. The highest BCUT2D eigenvalue weighted by molar-refractivity contribution is 5.95.